The van der Waals surface area contributed by atoms with Crippen molar-refractivity contribution >= 4 is 46.9 Å². The number of aliphatic hydroxyl groups is 1. The molecule has 0 saturated heterocycles. The molecule has 2 heterocycles. The van der Waals surface area contributed by atoms with Gasteiger partial charge in [0.15, 0.2) is 0 Å². The molecule has 0 aliphatic rings. The van der Waals surface area contributed by atoms with E-state index in [-0.39, 0.29) is 31.4 Å². The van der Waals surface area contributed by atoms with Crippen LogP contribution in [0.15, 0.2) is 48.8 Å². The largest absolute Gasteiger partial charge is 0.388 e. The molecule has 22 heavy (non-hydrogen) atoms. The number of H-pyrrole nitrogens is 1. The van der Waals surface area contributed by atoms with Crippen LogP contribution in [-0.4, -0.2) is 24.6 Å². The number of nitrogens with zero attached hydrogens (tertiary/aromatic N) is 3. The highest BCUT2D eigenvalue weighted by atomic mass is 35.5. The summed E-state index contributed by atoms with van der Waals surface area (Å²) in [6, 6.07) is 14.0. The Morgan fingerprint density at radius 1 is 1.05 bits per heavy atom. The zero-order valence-electron chi connectivity index (χ0n) is 11.4. The number of aliphatic hydroxyl groups excluding tert-OH is 1. The van der Waals surface area contributed by atoms with E-state index in [2.05, 4.69) is 15.0 Å². The number of para-hydroxylation sites is 2. The summed E-state index contributed by atoms with van der Waals surface area (Å²) in [6.07, 6.45) is 1.81. The lowest BCUT2D eigenvalue weighted by atomic mass is 10.2. The molecular weight excluding hydrogens is 323 g/mol. The fraction of sp³-hybridized carbons (Fsp3) is 0.0667. The zero-order chi connectivity index (χ0) is 13.5. The minimum atomic E-state index is -0.0853. The molecule has 0 unspecified atom stereocenters. The van der Waals surface area contributed by atoms with Crippen molar-refractivity contribution in [3.05, 3.63) is 54.6 Å². The van der Waals surface area contributed by atoms with E-state index in [4.69, 9.17) is 5.11 Å². The molecule has 5 nitrogen and oxygen atoms in total. The number of rotatable bonds is 2. The van der Waals surface area contributed by atoms with E-state index in [0.717, 1.165) is 27.8 Å². The second-order valence-electron chi connectivity index (χ2n) is 4.65. The minimum Gasteiger partial charge on any atom is -0.388 e. The molecule has 2 aromatic carbocycles. The van der Waals surface area contributed by atoms with Gasteiger partial charge in [-0.1, -0.05) is 12.1 Å². The van der Waals surface area contributed by atoms with Crippen LogP contribution in [0.1, 0.15) is 5.82 Å². The lowest BCUT2D eigenvalue weighted by molar-refractivity contribution is 0.273. The van der Waals surface area contributed by atoms with Crippen LogP contribution in [0.5, 0.6) is 0 Å². The van der Waals surface area contributed by atoms with Crippen LogP contribution in [0, 0.1) is 0 Å². The molecule has 4 aromatic rings. The van der Waals surface area contributed by atoms with E-state index in [1.165, 1.54) is 0 Å². The first kappa shape index (κ1) is 16.3. The van der Waals surface area contributed by atoms with E-state index in [0.29, 0.717) is 5.82 Å². The number of fused-ring (bicyclic) bond motifs is 2. The molecule has 0 spiro atoms. The predicted molar refractivity (Wildman–Crippen MR) is 91.1 cm³/mol. The number of imidazole rings is 2. The summed E-state index contributed by atoms with van der Waals surface area (Å²) in [6.45, 7) is -0.0853. The minimum absolute atomic E-state index is 0. The fourth-order valence-corrected chi connectivity index (χ4v) is 2.44. The van der Waals surface area contributed by atoms with Crippen molar-refractivity contribution in [2.24, 2.45) is 0 Å². The molecular formula is C15H14Cl2N4O. The molecule has 0 aliphatic carbocycles. The number of aromatic amines is 1. The first-order chi connectivity index (χ1) is 9.85. The maximum absolute atomic E-state index is 9.12. The summed E-state index contributed by atoms with van der Waals surface area (Å²) >= 11 is 0. The summed E-state index contributed by atoms with van der Waals surface area (Å²) in [4.78, 5) is 11.8. The number of hydrogen-bond donors (Lipinski definition) is 2. The third-order valence-electron chi connectivity index (χ3n) is 3.40. The van der Waals surface area contributed by atoms with Gasteiger partial charge in [0, 0.05) is 5.69 Å². The van der Waals surface area contributed by atoms with Crippen molar-refractivity contribution in [1.29, 1.82) is 0 Å². The van der Waals surface area contributed by atoms with Crippen molar-refractivity contribution in [2.45, 2.75) is 6.61 Å². The van der Waals surface area contributed by atoms with E-state index in [1.54, 1.807) is 0 Å². The molecule has 0 bridgehead atoms. The monoisotopic (exact) mass is 336 g/mol. The van der Waals surface area contributed by atoms with Gasteiger partial charge in [0.05, 0.1) is 22.1 Å². The maximum Gasteiger partial charge on any atom is 0.133 e. The Balaban J connectivity index is 0.000000882. The number of benzene rings is 2. The van der Waals surface area contributed by atoms with Gasteiger partial charge in [-0.25, -0.2) is 9.97 Å². The van der Waals surface area contributed by atoms with Crippen molar-refractivity contribution in [2.75, 3.05) is 0 Å². The van der Waals surface area contributed by atoms with E-state index in [9.17, 15) is 0 Å². The van der Waals surface area contributed by atoms with Gasteiger partial charge in [-0.05, 0) is 30.3 Å². The Labute approximate surface area is 138 Å². The van der Waals surface area contributed by atoms with Gasteiger partial charge in [-0.3, -0.25) is 4.57 Å². The lowest BCUT2D eigenvalue weighted by Crippen LogP contribution is -1.91. The fourth-order valence-electron chi connectivity index (χ4n) is 2.44. The van der Waals surface area contributed by atoms with Crippen molar-refractivity contribution < 1.29 is 5.11 Å². The quantitative estimate of drug-likeness (QED) is 0.590. The maximum atomic E-state index is 9.12. The molecule has 0 radical (unpaired) electrons. The van der Waals surface area contributed by atoms with Crippen molar-refractivity contribution in [3.8, 4) is 5.69 Å². The van der Waals surface area contributed by atoms with Crippen molar-refractivity contribution in [1.82, 2.24) is 19.5 Å². The van der Waals surface area contributed by atoms with Gasteiger partial charge >= 0.3 is 0 Å². The van der Waals surface area contributed by atoms with Gasteiger partial charge in [0.1, 0.15) is 18.8 Å². The first-order valence-electron chi connectivity index (χ1n) is 6.37. The number of halogens is 2. The van der Waals surface area contributed by atoms with Crippen LogP contribution >= 0.6 is 24.8 Å². The topological polar surface area (TPSA) is 66.7 Å². The Morgan fingerprint density at radius 2 is 1.86 bits per heavy atom. The summed E-state index contributed by atoms with van der Waals surface area (Å²) in [5.74, 6) is 0.577. The third kappa shape index (κ3) is 2.54. The molecule has 0 fully saturated rings. The van der Waals surface area contributed by atoms with Gasteiger partial charge in [0.25, 0.3) is 0 Å². The van der Waals surface area contributed by atoms with E-state index in [1.807, 2.05) is 53.4 Å². The van der Waals surface area contributed by atoms with Crippen LogP contribution in [0.25, 0.3) is 27.8 Å². The first-order valence-corrected chi connectivity index (χ1v) is 6.37. The molecule has 2 N–H and O–H groups in total. The third-order valence-corrected chi connectivity index (χ3v) is 3.40. The van der Waals surface area contributed by atoms with Gasteiger partial charge < -0.3 is 10.1 Å². The van der Waals surface area contributed by atoms with Crippen LogP contribution < -0.4 is 0 Å². The number of aromatic nitrogens is 4. The smallest absolute Gasteiger partial charge is 0.133 e. The molecule has 2 aromatic heterocycles. The SMILES string of the molecule is Cl.Cl.OCc1nc2cc(-n3cnc4ccccc43)ccc2[nH]1. The predicted octanol–water partition coefficient (Wildman–Crippen LogP) is 3.24. The summed E-state index contributed by atoms with van der Waals surface area (Å²) in [5, 5.41) is 9.12. The molecule has 0 saturated carbocycles. The Morgan fingerprint density at radius 3 is 2.68 bits per heavy atom. The van der Waals surface area contributed by atoms with Crippen LogP contribution in [-0.2, 0) is 6.61 Å². The average Bonchev–Trinajstić information content (AvgIpc) is 3.09. The Bertz CT molecular complexity index is 916. The highest BCUT2D eigenvalue weighted by Crippen LogP contribution is 2.21. The molecule has 0 atom stereocenters. The van der Waals surface area contributed by atoms with Crippen LogP contribution in [0.2, 0.25) is 0 Å². The van der Waals surface area contributed by atoms with Gasteiger partial charge in [-0.15, -0.1) is 24.8 Å². The Hall–Kier alpha value is -2.08. The molecule has 0 aliphatic heterocycles. The molecule has 114 valence electrons. The highest BCUT2D eigenvalue weighted by molar-refractivity contribution is 5.85. The van der Waals surface area contributed by atoms with E-state index >= 15 is 0 Å². The molecule has 7 heteroatoms. The average molecular weight is 337 g/mol. The van der Waals surface area contributed by atoms with Crippen LogP contribution in [0.4, 0.5) is 0 Å². The van der Waals surface area contributed by atoms with Gasteiger partial charge in [0.2, 0.25) is 0 Å². The van der Waals surface area contributed by atoms with Crippen LogP contribution in [0.3, 0.4) is 0 Å². The zero-order valence-corrected chi connectivity index (χ0v) is 13.1. The van der Waals surface area contributed by atoms with Gasteiger partial charge in [-0.2, -0.15) is 0 Å². The lowest BCUT2D eigenvalue weighted by Gasteiger charge is -2.03. The number of nitrogens with one attached hydrogen (secondary N) is 1. The molecule has 4 rings (SSSR count). The molecule has 0 amide bonds. The standard InChI is InChI=1S/C15H12N4O.2ClH/c20-8-15-17-11-6-5-10(7-13(11)18-15)19-9-16-12-3-1-2-4-14(12)19;;/h1-7,9,20H,8H2,(H,17,18);2*1H. The second kappa shape index (κ2) is 6.36. The summed E-state index contributed by atoms with van der Waals surface area (Å²) < 4.78 is 2.03. The van der Waals surface area contributed by atoms with E-state index < -0.39 is 0 Å². The second-order valence-corrected chi connectivity index (χ2v) is 4.65. The number of hydrogen-bond acceptors (Lipinski definition) is 3. The highest BCUT2D eigenvalue weighted by Gasteiger charge is 2.07. The normalized spacial score (nSPS) is 10.4. The summed E-state index contributed by atoms with van der Waals surface area (Å²) in [5.41, 5.74) is 4.78. The Kier molecular flexibility index (Phi) is 4.71. The summed E-state index contributed by atoms with van der Waals surface area (Å²) in [7, 11) is 0. The van der Waals surface area contributed by atoms with Crippen molar-refractivity contribution in [3.63, 3.8) is 0 Å².